The van der Waals surface area contributed by atoms with Crippen molar-refractivity contribution in [2.24, 2.45) is 0 Å². The van der Waals surface area contributed by atoms with Gasteiger partial charge in [-0.2, -0.15) is 5.26 Å². The third kappa shape index (κ3) is 4.04. The Kier molecular flexibility index (Phi) is 5.55. The van der Waals surface area contributed by atoms with Gasteiger partial charge in [-0.1, -0.05) is 26.0 Å². The number of aromatic nitrogens is 2. The molecule has 0 aliphatic rings. The molecule has 1 N–H and O–H groups in total. The van der Waals surface area contributed by atoms with Crippen molar-refractivity contribution >= 4 is 11.6 Å². The van der Waals surface area contributed by atoms with Gasteiger partial charge in [-0.15, -0.1) is 0 Å². The molecule has 0 atom stereocenters. The highest BCUT2D eigenvalue weighted by Gasteiger charge is 2.14. The Balaban J connectivity index is 2.25. The van der Waals surface area contributed by atoms with Crippen LogP contribution in [0.1, 0.15) is 37.8 Å². The third-order valence-corrected chi connectivity index (χ3v) is 3.86. The van der Waals surface area contributed by atoms with Crippen LogP contribution in [-0.2, 0) is 17.9 Å². The number of anilines is 1. The molecule has 25 heavy (non-hydrogen) atoms. The fourth-order valence-electron chi connectivity index (χ4n) is 2.39. The summed E-state index contributed by atoms with van der Waals surface area (Å²) in [6, 6.07) is 9.11. The van der Waals surface area contributed by atoms with E-state index in [-0.39, 0.29) is 5.56 Å². The van der Waals surface area contributed by atoms with Crippen LogP contribution in [0.4, 0.5) is 5.69 Å². The normalized spacial score (nSPS) is 10.5. The van der Waals surface area contributed by atoms with Crippen LogP contribution in [0, 0.1) is 11.3 Å². The van der Waals surface area contributed by atoms with Gasteiger partial charge in [0.2, 0.25) is 5.91 Å². The van der Waals surface area contributed by atoms with Gasteiger partial charge in [0.05, 0.1) is 0 Å². The second-order valence-electron chi connectivity index (χ2n) is 5.94. The summed E-state index contributed by atoms with van der Waals surface area (Å²) in [4.78, 5) is 36.6. The first kappa shape index (κ1) is 18.2. The highest BCUT2D eigenvalue weighted by molar-refractivity contribution is 5.90. The van der Waals surface area contributed by atoms with Crippen molar-refractivity contribution in [2.45, 2.75) is 39.8 Å². The fraction of sp³-hybridized carbons (Fsp3) is 0.333. The zero-order valence-corrected chi connectivity index (χ0v) is 14.4. The predicted molar refractivity (Wildman–Crippen MR) is 94.5 cm³/mol. The highest BCUT2D eigenvalue weighted by Crippen LogP contribution is 2.17. The molecule has 0 unspecified atom stereocenters. The van der Waals surface area contributed by atoms with Crippen molar-refractivity contribution < 1.29 is 4.79 Å². The van der Waals surface area contributed by atoms with E-state index in [2.05, 4.69) is 19.2 Å². The van der Waals surface area contributed by atoms with E-state index >= 15 is 0 Å². The van der Waals surface area contributed by atoms with Crippen LogP contribution in [0.15, 0.2) is 40.1 Å². The number of nitrogens with one attached hydrogen (secondary N) is 1. The number of carbonyl (C=O) groups excluding carboxylic acids is 1. The number of nitriles is 1. The largest absolute Gasteiger partial charge is 0.331 e. The van der Waals surface area contributed by atoms with Gasteiger partial charge in [0.15, 0.2) is 0 Å². The maximum Gasteiger partial charge on any atom is 0.331 e. The molecule has 0 bridgehead atoms. The van der Waals surface area contributed by atoms with Gasteiger partial charge >= 0.3 is 5.69 Å². The summed E-state index contributed by atoms with van der Waals surface area (Å²) in [6.07, 6.45) is 1.21. The van der Waals surface area contributed by atoms with E-state index in [0.29, 0.717) is 18.2 Å². The molecule has 0 saturated heterocycles. The topological polar surface area (TPSA) is 96.9 Å². The molecule has 0 fully saturated rings. The summed E-state index contributed by atoms with van der Waals surface area (Å²) in [6.45, 7) is 5.71. The Bertz CT molecular complexity index is 931. The number of aryl methyl sites for hydroxylation is 1. The second kappa shape index (κ2) is 7.62. The molecule has 1 aromatic heterocycles. The van der Waals surface area contributed by atoms with Crippen LogP contribution in [0.25, 0.3) is 0 Å². The number of nitrogens with zero attached hydrogens (tertiary/aromatic N) is 3. The number of hydrogen-bond acceptors (Lipinski definition) is 4. The quantitative estimate of drug-likeness (QED) is 0.895. The minimum atomic E-state index is -0.762. The fourth-order valence-corrected chi connectivity index (χ4v) is 2.39. The van der Waals surface area contributed by atoms with E-state index in [1.807, 2.05) is 12.1 Å². The Labute approximate surface area is 145 Å². The first-order valence-corrected chi connectivity index (χ1v) is 8.01. The maximum atomic E-state index is 12.2. The summed E-state index contributed by atoms with van der Waals surface area (Å²) in [7, 11) is 0. The molecule has 2 aromatic rings. The van der Waals surface area contributed by atoms with Crippen LogP contribution >= 0.6 is 0 Å². The molecule has 0 radical (unpaired) electrons. The lowest BCUT2D eigenvalue weighted by Crippen LogP contribution is -2.43. The minimum absolute atomic E-state index is 0.171. The molecule has 1 amide bonds. The first-order valence-electron chi connectivity index (χ1n) is 8.01. The molecule has 7 nitrogen and oxygen atoms in total. The molecule has 0 aliphatic carbocycles. The van der Waals surface area contributed by atoms with E-state index in [4.69, 9.17) is 5.26 Å². The molecule has 130 valence electrons. The van der Waals surface area contributed by atoms with Gasteiger partial charge in [0.25, 0.3) is 5.56 Å². The second-order valence-corrected chi connectivity index (χ2v) is 5.94. The zero-order valence-electron chi connectivity index (χ0n) is 14.4. The molecule has 7 heteroatoms. The number of amides is 1. The minimum Gasteiger partial charge on any atom is -0.325 e. The van der Waals surface area contributed by atoms with E-state index in [1.54, 1.807) is 25.1 Å². The average Bonchev–Trinajstić information content (AvgIpc) is 2.59. The van der Waals surface area contributed by atoms with Crippen molar-refractivity contribution in [3.8, 4) is 6.07 Å². The maximum absolute atomic E-state index is 12.2. The van der Waals surface area contributed by atoms with Crippen molar-refractivity contribution in [2.75, 3.05) is 5.32 Å². The summed E-state index contributed by atoms with van der Waals surface area (Å²) in [5.41, 5.74) is 0.173. The monoisotopic (exact) mass is 340 g/mol. The van der Waals surface area contributed by atoms with Gasteiger partial charge in [0, 0.05) is 18.4 Å². The van der Waals surface area contributed by atoms with Crippen LogP contribution in [-0.4, -0.2) is 15.0 Å². The van der Waals surface area contributed by atoms with Gasteiger partial charge in [-0.3, -0.25) is 14.2 Å². The van der Waals surface area contributed by atoms with Crippen molar-refractivity contribution in [3.63, 3.8) is 0 Å². The first-order chi connectivity index (χ1) is 11.9. The molecular weight excluding hydrogens is 320 g/mol. The van der Waals surface area contributed by atoms with Crippen LogP contribution in [0.2, 0.25) is 0 Å². The molecule has 0 spiro atoms. The Morgan fingerprint density at radius 3 is 2.40 bits per heavy atom. The number of rotatable bonds is 5. The summed E-state index contributed by atoms with van der Waals surface area (Å²) < 4.78 is 2.00. The molecule has 0 saturated carbocycles. The summed E-state index contributed by atoms with van der Waals surface area (Å²) in [5.74, 6) is -0.126. The lowest BCUT2D eigenvalue weighted by Gasteiger charge is -2.11. The molecule has 1 aromatic carbocycles. The standard InChI is InChI=1S/C18H20N4O3/c1-4-21-10-14(9-19)17(24)22(18(21)25)11-16(23)20-15-7-5-13(6-8-15)12(2)3/h5-8,10,12H,4,11H2,1-3H3,(H,20,23). The van der Waals surface area contributed by atoms with Gasteiger partial charge < -0.3 is 5.32 Å². The van der Waals surface area contributed by atoms with E-state index in [1.165, 1.54) is 10.8 Å². The molecule has 1 heterocycles. The summed E-state index contributed by atoms with van der Waals surface area (Å²) >= 11 is 0. The Hall–Kier alpha value is -3.14. The van der Waals surface area contributed by atoms with Gasteiger partial charge in [-0.25, -0.2) is 9.36 Å². The van der Waals surface area contributed by atoms with E-state index < -0.39 is 23.7 Å². The van der Waals surface area contributed by atoms with Crippen LogP contribution in [0.5, 0.6) is 0 Å². The van der Waals surface area contributed by atoms with E-state index in [9.17, 15) is 14.4 Å². The van der Waals surface area contributed by atoms with Crippen molar-refractivity contribution in [3.05, 3.63) is 62.4 Å². The molecule has 2 rings (SSSR count). The highest BCUT2D eigenvalue weighted by atomic mass is 16.2. The van der Waals surface area contributed by atoms with Crippen LogP contribution < -0.4 is 16.6 Å². The zero-order chi connectivity index (χ0) is 18.6. The third-order valence-electron chi connectivity index (χ3n) is 3.86. The Morgan fingerprint density at radius 1 is 1.24 bits per heavy atom. The average molecular weight is 340 g/mol. The Morgan fingerprint density at radius 2 is 1.88 bits per heavy atom. The smallest absolute Gasteiger partial charge is 0.325 e. The lowest BCUT2D eigenvalue weighted by molar-refractivity contribution is -0.116. The van der Waals surface area contributed by atoms with E-state index in [0.717, 1.165) is 10.1 Å². The SMILES string of the molecule is CCn1cc(C#N)c(=O)n(CC(=O)Nc2ccc(C(C)C)cc2)c1=O. The lowest BCUT2D eigenvalue weighted by atomic mass is 10.0. The van der Waals surface area contributed by atoms with Crippen molar-refractivity contribution in [1.29, 1.82) is 5.26 Å². The van der Waals surface area contributed by atoms with Gasteiger partial charge in [0.1, 0.15) is 18.2 Å². The predicted octanol–water partition coefficient (Wildman–Crippen LogP) is 1.66. The number of hydrogen-bond donors (Lipinski definition) is 1. The number of carbonyl (C=O) groups is 1. The molecular formula is C18H20N4O3. The number of benzene rings is 1. The summed E-state index contributed by atoms with van der Waals surface area (Å²) in [5, 5.41) is 11.7. The molecule has 0 aliphatic heterocycles. The van der Waals surface area contributed by atoms with Gasteiger partial charge in [-0.05, 0) is 30.5 Å². The van der Waals surface area contributed by atoms with Crippen LogP contribution in [0.3, 0.4) is 0 Å². The van der Waals surface area contributed by atoms with Crippen molar-refractivity contribution in [1.82, 2.24) is 9.13 Å².